The summed E-state index contributed by atoms with van der Waals surface area (Å²) in [6, 6.07) is 42.6. The number of ketones is 1. The molecule has 0 saturated carbocycles. The first kappa shape index (κ1) is 28.9. The number of rotatable bonds is 2. The van der Waals surface area contributed by atoms with Gasteiger partial charge in [0.1, 0.15) is 0 Å². The Morgan fingerprint density at radius 2 is 1.35 bits per heavy atom. The Kier molecular flexibility index (Phi) is 5.64. The van der Waals surface area contributed by atoms with Crippen LogP contribution in [0.2, 0.25) is 0 Å². The summed E-state index contributed by atoms with van der Waals surface area (Å²) in [7, 11) is 0. The number of carbonyl (C=O) groups excluding carboxylic acids is 1. The zero-order valence-corrected chi connectivity index (χ0v) is 28.9. The third-order valence-corrected chi connectivity index (χ3v) is 13.6. The van der Waals surface area contributed by atoms with Gasteiger partial charge in [-0.15, -0.1) is 0 Å². The summed E-state index contributed by atoms with van der Waals surface area (Å²) in [6.07, 6.45) is 21.6. The minimum atomic E-state index is -0.413. The van der Waals surface area contributed by atoms with Gasteiger partial charge in [-0.05, 0) is 103 Å². The van der Waals surface area contributed by atoms with Crippen LogP contribution in [-0.2, 0) is 10.8 Å². The molecule has 52 heavy (non-hydrogen) atoms. The van der Waals surface area contributed by atoms with E-state index >= 15 is 4.79 Å². The first-order valence-electron chi connectivity index (χ1n) is 19.0. The Labute approximate surface area is 304 Å². The lowest BCUT2D eigenvalue weighted by Gasteiger charge is -2.37. The molecule has 0 aliphatic heterocycles. The molecular formula is C51H36O. The summed E-state index contributed by atoms with van der Waals surface area (Å²) in [5.41, 5.74) is 18.9. The molecule has 0 fully saturated rings. The first-order chi connectivity index (χ1) is 25.7. The van der Waals surface area contributed by atoms with Gasteiger partial charge in [-0.1, -0.05) is 158 Å². The molecule has 0 aromatic heterocycles. The number of hydrogen-bond donors (Lipinski definition) is 0. The fourth-order valence-electron chi connectivity index (χ4n) is 11.7. The molecule has 0 radical (unpaired) electrons. The van der Waals surface area contributed by atoms with Crippen molar-refractivity contribution in [2.45, 2.75) is 36.0 Å². The van der Waals surface area contributed by atoms with Crippen molar-refractivity contribution in [3.05, 3.63) is 225 Å². The lowest BCUT2D eigenvalue weighted by atomic mass is 9.64. The van der Waals surface area contributed by atoms with E-state index in [9.17, 15) is 0 Å². The second-order valence-corrected chi connectivity index (χ2v) is 15.6. The largest absolute Gasteiger partial charge is 0.294 e. The maximum absolute atomic E-state index is 15.1. The van der Waals surface area contributed by atoms with E-state index in [0.29, 0.717) is 12.3 Å². The summed E-state index contributed by atoms with van der Waals surface area (Å²) in [5.74, 6) is 0.540. The van der Waals surface area contributed by atoms with Gasteiger partial charge in [0.2, 0.25) is 0 Å². The van der Waals surface area contributed by atoms with Crippen LogP contribution in [0.25, 0.3) is 22.3 Å². The van der Waals surface area contributed by atoms with Gasteiger partial charge in [-0.2, -0.15) is 0 Å². The van der Waals surface area contributed by atoms with Crippen molar-refractivity contribution in [1.29, 1.82) is 0 Å². The Morgan fingerprint density at radius 1 is 0.654 bits per heavy atom. The van der Waals surface area contributed by atoms with Crippen molar-refractivity contribution >= 4 is 16.9 Å². The Balaban J connectivity index is 1.03. The molecule has 246 valence electrons. The van der Waals surface area contributed by atoms with Crippen LogP contribution in [-0.4, -0.2) is 5.78 Å². The fraction of sp³-hybridized carbons (Fsp3) is 0.157. The zero-order valence-electron chi connectivity index (χ0n) is 28.9. The number of hydrogen-bond acceptors (Lipinski definition) is 1. The Hall–Kier alpha value is -5.79. The molecule has 0 saturated heterocycles. The number of Topliss-reactive ketones (excluding diaryl/α,β-unsaturated/α-hetero) is 1. The molecule has 0 N–H and O–H groups in total. The molecule has 5 atom stereocenters. The van der Waals surface area contributed by atoms with E-state index in [-0.39, 0.29) is 23.0 Å². The average molecular weight is 665 g/mol. The standard InChI is InChI=1S/C51H36O/c52-49(31-25-27-39-37-17-5-11-23-45(37)50(47(39)29-31)41-19-7-1-13-33(41)34-14-2-8-20-42(34)50)32-26-28-40-38-18-6-12-24-46(38)51(48(40)30-32)43-21-9-3-15-35(43)36-16-4-10-22-44(36)51/h1-3,5-15,17-24,26-31,33,41H,4,16,25H2. The summed E-state index contributed by atoms with van der Waals surface area (Å²) in [4.78, 5) is 15.1. The molecule has 5 aromatic rings. The van der Waals surface area contributed by atoms with E-state index in [2.05, 4.69) is 164 Å². The number of fused-ring (bicyclic) bond motifs is 19. The molecule has 5 unspecified atom stereocenters. The fourth-order valence-corrected chi connectivity index (χ4v) is 11.7. The van der Waals surface area contributed by atoms with Crippen LogP contribution in [0.1, 0.15) is 80.0 Å². The van der Waals surface area contributed by atoms with Crippen LogP contribution >= 0.6 is 0 Å². The predicted octanol–water partition coefficient (Wildman–Crippen LogP) is 11.5. The monoisotopic (exact) mass is 664 g/mol. The van der Waals surface area contributed by atoms with Crippen molar-refractivity contribution in [1.82, 2.24) is 0 Å². The molecular weight excluding hydrogens is 629 g/mol. The minimum Gasteiger partial charge on any atom is -0.294 e. The number of benzene rings is 5. The van der Waals surface area contributed by atoms with Gasteiger partial charge in [0, 0.05) is 23.3 Å². The molecule has 1 heteroatoms. The molecule has 0 bridgehead atoms. The summed E-state index contributed by atoms with van der Waals surface area (Å²) < 4.78 is 0. The van der Waals surface area contributed by atoms with Crippen LogP contribution in [0, 0.1) is 11.8 Å². The average Bonchev–Trinajstić information content (AvgIpc) is 3.89. The van der Waals surface area contributed by atoms with Gasteiger partial charge in [0.15, 0.2) is 5.78 Å². The van der Waals surface area contributed by atoms with Crippen molar-refractivity contribution in [2.24, 2.45) is 11.8 Å². The molecule has 2 spiro atoms. The van der Waals surface area contributed by atoms with Crippen LogP contribution < -0.4 is 0 Å². The summed E-state index contributed by atoms with van der Waals surface area (Å²) in [5, 5.41) is 0. The van der Waals surface area contributed by atoms with E-state index in [1.807, 2.05) is 0 Å². The number of allylic oxidation sites excluding steroid dienone is 12. The highest BCUT2D eigenvalue weighted by molar-refractivity contribution is 6.04. The topological polar surface area (TPSA) is 17.1 Å². The van der Waals surface area contributed by atoms with Gasteiger partial charge in [-0.25, -0.2) is 0 Å². The first-order valence-corrected chi connectivity index (χ1v) is 19.0. The molecule has 7 aliphatic rings. The third-order valence-electron chi connectivity index (χ3n) is 13.6. The van der Waals surface area contributed by atoms with E-state index in [1.165, 1.54) is 77.9 Å². The molecule has 7 aliphatic carbocycles. The van der Waals surface area contributed by atoms with Gasteiger partial charge < -0.3 is 0 Å². The van der Waals surface area contributed by atoms with Crippen LogP contribution in [0.3, 0.4) is 0 Å². The molecule has 5 aromatic carbocycles. The highest BCUT2D eigenvalue weighted by Gasteiger charge is 2.59. The Bertz CT molecular complexity index is 2650. The van der Waals surface area contributed by atoms with Crippen LogP contribution in [0.15, 0.2) is 175 Å². The van der Waals surface area contributed by atoms with E-state index in [1.54, 1.807) is 0 Å². The van der Waals surface area contributed by atoms with Crippen LogP contribution in [0.5, 0.6) is 0 Å². The molecule has 0 amide bonds. The van der Waals surface area contributed by atoms with Gasteiger partial charge in [-0.3, -0.25) is 4.79 Å². The van der Waals surface area contributed by atoms with Crippen molar-refractivity contribution in [2.75, 3.05) is 0 Å². The van der Waals surface area contributed by atoms with Crippen LogP contribution in [0.4, 0.5) is 0 Å². The van der Waals surface area contributed by atoms with Crippen molar-refractivity contribution in [3.8, 4) is 11.1 Å². The lowest BCUT2D eigenvalue weighted by molar-refractivity contribution is 0.0945. The van der Waals surface area contributed by atoms with Gasteiger partial charge >= 0.3 is 0 Å². The summed E-state index contributed by atoms with van der Waals surface area (Å²) >= 11 is 0. The third kappa shape index (κ3) is 3.30. The van der Waals surface area contributed by atoms with E-state index < -0.39 is 5.41 Å². The smallest absolute Gasteiger partial charge is 0.170 e. The zero-order chi connectivity index (χ0) is 34.2. The second kappa shape index (κ2) is 10.2. The Morgan fingerprint density at radius 3 is 2.21 bits per heavy atom. The van der Waals surface area contributed by atoms with Crippen molar-refractivity contribution in [3.63, 3.8) is 0 Å². The number of carbonyl (C=O) groups is 1. The lowest BCUT2D eigenvalue weighted by Crippen LogP contribution is -2.34. The highest BCUT2D eigenvalue weighted by atomic mass is 16.1. The van der Waals surface area contributed by atoms with Gasteiger partial charge in [0.05, 0.1) is 10.8 Å². The molecule has 1 nitrogen and oxygen atoms in total. The van der Waals surface area contributed by atoms with Crippen molar-refractivity contribution < 1.29 is 4.79 Å². The normalized spacial score (nSPS) is 27.3. The van der Waals surface area contributed by atoms with Gasteiger partial charge in [0.25, 0.3) is 0 Å². The SMILES string of the molecule is O=C(c1ccc2c(c1)C1(C3=C(CCC=C3)c3ccccc31)c1ccccc1-2)C1C=C2C(=CC1)c1ccccc1C21c2ccccc2C2C=CC=CC21. The highest BCUT2D eigenvalue weighted by Crippen LogP contribution is 2.67. The quantitative estimate of drug-likeness (QED) is 0.172. The molecule has 12 rings (SSSR count). The maximum atomic E-state index is 15.1. The second-order valence-electron chi connectivity index (χ2n) is 15.6. The maximum Gasteiger partial charge on any atom is 0.170 e. The van der Waals surface area contributed by atoms with E-state index in [0.717, 1.165) is 18.4 Å². The van der Waals surface area contributed by atoms with E-state index in [4.69, 9.17) is 0 Å². The predicted molar refractivity (Wildman–Crippen MR) is 210 cm³/mol. The minimum absolute atomic E-state index is 0.212. The molecule has 0 heterocycles. The summed E-state index contributed by atoms with van der Waals surface area (Å²) in [6.45, 7) is 0.